The molecule has 1 aromatic rings. The molecule has 0 aliphatic heterocycles. The molecule has 108 valence electrons. The largest absolute Gasteiger partial charge is 0.497 e. The number of aliphatic imine (C=N–C) groups is 1. The summed E-state index contributed by atoms with van der Waals surface area (Å²) in [6, 6.07) is 7.56. The molecule has 1 aromatic carbocycles. The summed E-state index contributed by atoms with van der Waals surface area (Å²) in [4.78, 5) is 4.72. The minimum Gasteiger partial charge on any atom is -0.497 e. The predicted molar refractivity (Wildman–Crippen MR) is 91.9 cm³/mol. The zero-order valence-corrected chi connectivity index (χ0v) is 13.2. The molecule has 1 rings (SSSR count). The van der Waals surface area contributed by atoms with Gasteiger partial charge < -0.3 is 10.1 Å². The lowest BCUT2D eigenvalue weighted by Gasteiger charge is -2.08. The number of methoxy groups -OCH3 is 1. The number of nitrogens with one attached hydrogen (secondary N) is 1. The summed E-state index contributed by atoms with van der Waals surface area (Å²) in [6.45, 7) is 11.7. The van der Waals surface area contributed by atoms with E-state index >= 15 is 0 Å². The fraction of sp³-hybridized carbons (Fsp3) is 0.250. The Bertz CT molecular complexity index is 464. The van der Waals surface area contributed by atoms with Crippen molar-refractivity contribution in [3.05, 3.63) is 55.3 Å². The van der Waals surface area contributed by atoms with E-state index in [-0.39, 0.29) is 0 Å². The van der Waals surface area contributed by atoms with Crippen LogP contribution in [0, 0.1) is 0 Å². The Balaban J connectivity index is 0.00000172. The highest BCUT2D eigenvalue weighted by molar-refractivity contribution is 7.80. The van der Waals surface area contributed by atoms with E-state index in [9.17, 15) is 0 Å². The lowest BCUT2D eigenvalue weighted by atomic mass is 10.2. The first kappa shape index (κ1) is 18.1. The van der Waals surface area contributed by atoms with Gasteiger partial charge in [0.15, 0.2) is 0 Å². The molecule has 0 aliphatic carbocycles. The number of benzene rings is 1. The van der Waals surface area contributed by atoms with Crippen LogP contribution in [0.2, 0.25) is 0 Å². The van der Waals surface area contributed by atoms with Crippen LogP contribution in [-0.2, 0) is 0 Å². The highest BCUT2D eigenvalue weighted by Gasteiger charge is 2.01. The molecule has 0 saturated carbocycles. The average molecular weight is 290 g/mol. The molecular formula is C16H22N2OS. The molecule has 4 heteroatoms. The topological polar surface area (TPSA) is 33.6 Å². The van der Waals surface area contributed by atoms with E-state index in [0.717, 1.165) is 17.0 Å². The van der Waals surface area contributed by atoms with Gasteiger partial charge in [-0.3, -0.25) is 4.99 Å². The number of hydrogen-bond donors (Lipinski definition) is 1. The van der Waals surface area contributed by atoms with Crippen molar-refractivity contribution >= 4 is 22.9 Å². The minimum atomic E-state index is 0.528. The summed E-state index contributed by atoms with van der Waals surface area (Å²) in [6.07, 6.45) is 3.15. The van der Waals surface area contributed by atoms with Gasteiger partial charge in [0, 0.05) is 11.8 Å². The van der Waals surface area contributed by atoms with Crippen molar-refractivity contribution < 1.29 is 4.74 Å². The fourth-order valence-corrected chi connectivity index (χ4v) is 1.51. The van der Waals surface area contributed by atoms with Crippen molar-refractivity contribution in [2.24, 2.45) is 4.99 Å². The molecule has 0 aromatic heterocycles. The Morgan fingerprint density at radius 2 is 1.90 bits per heavy atom. The summed E-state index contributed by atoms with van der Waals surface area (Å²) in [5, 5.41) is 3.11. The van der Waals surface area contributed by atoms with E-state index in [1.54, 1.807) is 13.2 Å². The second kappa shape index (κ2) is 10.9. The maximum Gasteiger partial charge on any atom is 0.118 e. The normalized spacial score (nSPS) is 9.85. The third-order valence-corrected chi connectivity index (χ3v) is 2.66. The molecule has 3 nitrogen and oxygen atoms in total. The number of thiocarbonyl (C=S) groups is 1. The molecule has 0 amide bonds. The van der Waals surface area contributed by atoms with Crippen molar-refractivity contribution in [3.63, 3.8) is 0 Å². The van der Waals surface area contributed by atoms with Gasteiger partial charge in [0.05, 0.1) is 19.4 Å². The Hall–Kier alpha value is -1.94. The first-order valence-corrected chi connectivity index (χ1v) is 6.84. The lowest BCUT2D eigenvalue weighted by molar-refractivity contribution is 0.415. The van der Waals surface area contributed by atoms with Gasteiger partial charge in [0.2, 0.25) is 0 Å². The maximum atomic E-state index is 5.28. The van der Waals surface area contributed by atoms with Crippen LogP contribution in [0.25, 0.3) is 0 Å². The first-order valence-electron chi connectivity index (χ1n) is 6.43. The maximum absolute atomic E-state index is 5.28. The molecule has 0 bridgehead atoms. The summed E-state index contributed by atoms with van der Waals surface area (Å²) in [7, 11) is 1.63. The highest BCUT2D eigenvalue weighted by atomic mass is 32.1. The molecule has 0 heterocycles. The highest BCUT2D eigenvalue weighted by Crippen LogP contribution is 2.11. The smallest absolute Gasteiger partial charge is 0.118 e. The molecule has 0 unspecified atom stereocenters. The molecular weight excluding hydrogens is 268 g/mol. The number of ether oxygens (including phenoxy) is 1. The molecule has 0 atom stereocenters. The van der Waals surface area contributed by atoms with Gasteiger partial charge in [-0.25, -0.2) is 0 Å². The third kappa shape index (κ3) is 6.29. The fourth-order valence-electron chi connectivity index (χ4n) is 1.30. The molecule has 0 fully saturated rings. The Labute approximate surface area is 127 Å². The standard InChI is InChI=1S/C14H16N2OS.C2H6/c1-4-12(15-5-2)10-16-14(18)11-6-8-13(17-3)9-7-11;1-2/h4-9H,1-2,10H2,3H3,(H,16,18);1-2H3. The van der Waals surface area contributed by atoms with E-state index in [1.807, 2.05) is 38.1 Å². The summed E-state index contributed by atoms with van der Waals surface area (Å²) >= 11 is 5.28. The van der Waals surface area contributed by atoms with Crippen LogP contribution in [0.15, 0.2) is 54.7 Å². The molecule has 0 radical (unpaired) electrons. The summed E-state index contributed by atoms with van der Waals surface area (Å²) < 4.78 is 5.09. The minimum absolute atomic E-state index is 0.528. The second-order valence-electron chi connectivity index (χ2n) is 3.42. The number of nitrogens with zero attached hydrogens (tertiary/aromatic N) is 1. The van der Waals surface area contributed by atoms with E-state index in [0.29, 0.717) is 11.5 Å². The monoisotopic (exact) mass is 290 g/mol. The first-order chi connectivity index (χ1) is 9.71. The zero-order valence-electron chi connectivity index (χ0n) is 12.3. The molecule has 20 heavy (non-hydrogen) atoms. The van der Waals surface area contributed by atoms with Crippen LogP contribution < -0.4 is 10.1 Å². The van der Waals surface area contributed by atoms with Crippen LogP contribution >= 0.6 is 12.2 Å². The van der Waals surface area contributed by atoms with Gasteiger partial charge in [-0.2, -0.15) is 0 Å². The predicted octanol–water partition coefficient (Wildman–Crippen LogP) is 3.76. The second-order valence-corrected chi connectivity index (χ2v) is 3.83. The van der Waals surface area contributed by atoms with Gasteiger partial charge in [-0.05, 0) is 30.3 Å². The molecule has 0 aliphatic rings. The number of rotatable bonds is 6. The van der Waals surface area contributed by atoms with Crippen molar-refractivity contribution in [1.29, 1.82) is 0 Å². The van der Waals surface area contributed by atoms with Crippen LogP contribution in [0.1, 0.15) is 19.4 Å². The quantitative estimate of drug-likeness (QED) is 0.640. The van der Waals surface area contributed by atoms with Crippen molar-refractivity contribution in [2.75, 3.05) is 13.7 Å². The Kier molecular flexibility index (Phi) is 9.87. The Morgan fingerprint density at radius 1 is 1.30 bits per heavy atom. The van der Waals surface area contributed by atoms with Crippen LogP contribution in [-0.4, -0.2) is 24.4 Å². The van der Waals surface area contributed by atoms with E-state index in [1.165, 1.54) is 6.20 Å². The lowest BCUT2D eigenvalue weighted by Crippen LogP contribution is -2.27. The van der Waals surface area contributed by atoms with E-state index in [4.69, 9.17) is 17.0 Å². The van der Waals surface area contributed by atoms with Crippen molar-refractivity contribution in [3.8, 4) is 5.75 Å². The van der Waals surface area contributed by atoms with Crippen molar-refractivity contribution in [2.45, 2.75) is 13.8 Å². The van der Waals surface area contributed by atoms with Crippen molar-refractivity contribution in [1.82, 2.24) is 5.32 Å². The average Bonchev–Trinajstić information content (AvgIpc) is 2.53. The molecule has 1 N–H and O–H groups in total. The van der Waals surface area contributed by atoms with Crippen LogP contribution in [0.3, 0.4) is 0 Å². The van der Waals surface area contributed by atoms with Gasteiger partial charge in [-0.15, -0.1) is 0 Å². The SMILES string of the molecule is C=CN=C(C=C)CNC(=S)c1ccc(OC)cc1.CC. The van der Waals surface area contributed by atoms with Gasteiger partial charge in [0.1, 0.15) is 10.7 Å². The molecule has 0 saturated heterocycles. The number of hydrogen-bond acceptors (Lipinski definition) is 3. The van der Waals surface area contributed by atoms with E-state index < -0.39 is 0 Å². The zero-order chi connectivity index (χ0) is 15.4. The Morgan fingerprint density at radius 3 is 2.35 bits per heavy atom. The third-order valence-electron chi connectivity index (χ3n) is 2.28. The van der Waals surface area contributed by atoms with Gasteiger partial charge in [0.25, 0.3) is 0 Å². The molecule has 0 spiro atoms. The van der Waals surface area contributed by atoms with Crippen LogP contribution in [0.4, 0.5) is 0 Å². The summed E-state index contributed by atoms with van der Waals surface area (Å²) in [5.41, 5.74) is 1.73. The van der Waals surface area contributed by atoms with Gasteiger partial charge >= 0.3 is 0 Å². The van der Waals surface area contributed by atoms with Crippen LogP contribution in [0.5, 0.6) is 5.75 Å². The van der Waals surface area contributed by atoms with E-state index in [2.05, 4.69) is 23.5 Å². The van der Waals surface area contributed by atoms with Gasteiger partial charge in [-0.1, -0.05) is 39.2 Å². The summed E-state index contributed by atoms with van der Waals surface area (Å²) in [5.74, 6) is 0.807.